The highest BCUT2D eigenvalue weighted by atomic mass is 16.5. The van der Waals surface area contributed by atoms with E-state index in [2.05, 4.69) is 4.98 Å². The lowest BCUT2D eigenvalue weighted by atomic mass is 9.91. The van der Waals surface area contributed by atoms with Gasteiger partial charge >= 0.3 is 5.97 Å². The number of hydrogen-bond acceptors (Lipinski definition) is 4. The Hall–Kier alpha value is -1.42. The zero-order valence-corrected chi connectivity index (χ0v) is 9.40. The summed E-state index contributed by atoms with van der Waals surface area (Å²) in [6, 6.07) is 1.83. The molecule has 86 valence electrons. The number of aromatic nitrogens is 1. The van der Waals surface area contributed by atoms with E-state index in [4.69, 9.17) is 10.5 Å². The van der Waals surface area contributed by atoms with Crippen molar-refractivity contribution in [2.75, 3.05) is 6.61 Å². The average Bonchev–Trinajstić information content (AvgIpc) is 2.29. The van der Waals surface area contributed by atoms with E-state index in [1.54, 1.807) is 13.1 Å². The Morgan fingerprint density at radius 1 is 1.69 bits per heavy atom. The molecule has 1 aromatic heterocycles. The summed E-state index contributed by atoms with van der Waals surface area (Å²) in [5.74, 6) is -0.324. The molecule has 0 aliphatic heterocycles. The van der Waals surface area contributed by atoms with Crippen LogP contribution in [0.5, 0.6) is 0 Å². The maximum Gasteiger partial charge on any atom is 0.339 e. The van der Waals surface area contributed by atoms with Crippen LogP contribution in [0.2, 0.25) is 0 Å². The molecule has 1 aliphatic carbocycles. The highest BCUT2D eigenvalue weighted by molar-refractivity contribution is 5.89. The van der Waals surface area contributed by atoms with Crippen LogP contribution in [-0.4, -0.2) is 17.6 Å². The largest absolute Gasteiger partial charge is 0.462 e. The van der Waals surface area contributed by atoms with Gasteiger partial charge in [0, 0.05) is 17.9 Å². The number of esters is 1. The summed E-state index contributed by atoms with van der Waals surface area (Å²) in [7, 11) is 0. The second-order valence-electron chi connectivity index (χ2n) is 3.98. The van der Waals surface area contributed by atoms with Crippen LogP contribution in [0.1, 0.15) is 47.4 Å². The van der Waals surface area contributed by atoms with E-state index >= 15 is 0 Å². The van der Waals surface area contributed by atoms with Crippen molar-refractivity contribution in [1.82, 2.24) is 4.98 Å². The summed E-state index contributed by atoms with van der Waals surface area (Å²) < 4.78 is 4.93. The van der Waals surface area contributed by atoms with Gasteiger partial charge in [0.15, 0.2) is 0 Å². The van der Waals surface area contributed by atoms with Crippen molar-refractivity contribution >= 4 is 5.97 Å². The second kappa shape index (κ2) is 4.61. The van der Waals surface area contributed by atoms with Crippen molar-refractivity contribution in [2.45, 2.75) is 32.2 Å². The molecule has 4 nitrogen and oxygen atoms in total. The van der Waals surface area contributed by atoms with Gasteiger partial charge in [-0.3, -0.25) is 4.98 Å². The van der Waals surface area contributed by atoms with E-state index in [0.717, 1.165) is 30.5 Å². The van der Waals surface area contributed by atoms with Gasteiger partial charge in [-0.25, -0.2) is 4.79 Å². The van der Waals surface area contributed by atoms with Gasteiger partial charge in [-0.1, -0.05) is 0 Å². The summed E-state index contributed by atoms with van der Waals surface area (Å²) in [4.78, 5) is 15.8. The van der Waals surface area contributed by atoms with Gasteiger partial charge in [0.2, 0.25) is 0 Å². The Labute approximate surface area is 94.8 Å². The minimum atomic E-state index is -0.324. The molecule has 0 fully saturated rings. The molecule has 4 heteroatoms. The van der Waals surface area contributed by atoms with E-state index in [1.165, 1.54) is 0 Å². The summed E-state index contributed by atoms with van der Waals surface area (Å²) in [6.45, 7) is 2.16. The molecule has 1 unspecified atom stereocenters. The molecule has 0 saturated carbocycles. The smallest absolute Gasteiger partial charge is 0.339 e. The van der Waals surface area contributed by atoms with Crippen molar-refractivity contribution in [3.05, 3.63) is 29.1 Å². The standard InChI is InChI=1S/C12H16N2O2/c1-2-16-12(15)8-6-9-10(13)4-3-5-11(9)14-7-8/h6-7,10H,2-5,13H2,1H3. The number of nitrogens with zero attached hydrogens (tertiary/aromatic N) is 1. The molecule has 2 N–H and O–H groups in total. The van der Waals surface area contributed by atoms with Crippen LogP contribution in [0.3, 0.4) is 0 Å². The molecule has 1 atom stereocenters. The number of aryl methyl sites for hydroxylation is 1. The van der Waals surface area contributed by atoms with Gasteiger partial charge in [0.1, 0.15) is 0 Å². The van der Waals surface area contributed by atoms with Gasteiger partial charge < -0.3 is 10.5 Å². The Bertz CT molecular complexity index is 404. The number of carbonyl (C=O) groups excluding carboxylic acids is 1. The van der Waals surface area contributed by atoms with Gasteiger partial charge in [-0.05, 0) is 37.8 Å². The normalized spacial score (nSPS) is 19.0. The SMILES string of the molecule is CCOC(=O)c1cnc2c(c1)C(N)CCC2. The molecule has 0 amide bonds. The van der Waals surface area contributed by atoms with Gasteiger partial charge in [0.05, 0.1) is 12.2 Å². The summed E-state index contributed by atoms with van der Waals surface area (Å²) in [5, 5.41) is 0. The Morgan fingerprint density at radius 2 is 2.50 bits per heavy atom. The first kappa shape index (κ1) is 11.1. The minimum Gasteiger partial charge on any atom is -0.462 e. The zero-order valence-electron chi connectivity index (χ0n) is 9.40. The van der Waals surface area contributed by atoms with Crippen LogP contribution < -0.4 is 5.73 Å². The number of nitrogens with two attached hydrogens (primary N) is 1. The molecular weight excluding hydrogens is 204 g/mol. The molecule has 1 heterocycles. The first-order valence-corrected chi connectivity index (χ1v) is 5.64. The van der Waals surface area contributed by atoms with Crippen molar-refractivity contribution in [3.63, 3.8) is 0 Å². The third-order valence-electron chi connectivity index (χ3n) is 2.84. The third-order valence-corrected chi connectivity index (χ3v) is 2.84. The highest BCUT2D eigenvalue weighted by Crippen LogP contribution is 2.27. The van der Waals surface area contributed by atoms with E-state index in [1.807, 2.05) is 6.07 Å². The quantitative estimate of drug-likeness (QED) is 0.769. The maximum absolute atomic E-state index is 11.5. The van der Waals surface area contributed by atoms with Gasteiger partial charge in [-0.15, -0.1) is 0 Å². The predicted octanol–water partition coefficient (Wildman–Crippen LogP) is 1.59. The van der Waals surface area contributed by atoms with E-state index in [9.17, 15) is 4.79 Å². The van der Waals surface area contributed by atoms with Crippen LogP contribution in [0.15, 0.2) is 12.3 Å². The molecule has 1 aliphatic rings. The lowest BCUT2D eigenvalue weighted by Gasteiger charge is -2.21. The van der Waals surface area contributed by atoms with Crippen LogP contribution in [0.25, 0.3) is 0 Å². The molecule has 16 heavy (non-hydrogen) atoms. The third kappa shape index (κ3) is 2.07. The summed E-state index contributed by atoms with van der Waals surface area (Å²) in [6.07, 6.45) is 4.56. The van der Waals surface area contributed by atoms with Crippen LogP contribution in [0, 0.1) is 0 Å². The average molecular weight is 220 g/mol. The van der Waals surface area contributed by atoms with E-state index in [0.29, 0.717) is 12.2 Å². The molecule has 0 bridgehead atoms. The number of pyridine rings is 1. The summed E-state index contributed by atoms with van der Waals surface area (Å²) >= 11 is 0. The van der Waals surface area contributed by atoms with Crippen LogP contribution in [-0.2, 0) is 11.2 Å². The number of rotatable bonds is 2. The van der Waals surface area contributed by atoms with Crippen molar-refractivity contribution in [3.8, 4) is 0 Å². The molecular formula is C12H16N2O2. The van der Waals surface area contributed by atoms with Gasteiger partial charge in [-0.2, -0.15) is 0 Å². The molecule has 0 saturated heterocycles. The van der Waals surface area contributed by atoms with Crippen LogP contribution >= 0.6 is 0 Å². The maximum atomic E-state index is 11.5. The lowest BCUT2D eigenvalue weighted by Crippen LogP contribution is -2.19. The Balaban J connectivity index is 2.30. The predicted molar refractivity (Wildman–Crippen MR) is 60.1 cm³/mol. The zero-order chi connectivity index (χ0) is 11.5. The van der Waals surface area contributed by atoms with Crippen molar-refractivity contribution in [1.29, 1.82) is 0 Å². The monoisotopic (exact) mass is 220 g/mol. The first-order valence-electron chi connectivity index (χ1n) is 5.64. The van der Waals surface area contributed by atoms with Gasteiger partial charge in [0.25, 0.3) is 0 Å². The molecule has 0 spiro atoms. The van der Waals surface area contributed by atoms with E-state index in [-0.39, 0.29) is 12.0 Å². The summed E-state index contributed by atoms with van der Waals surface area (Å²) in [5.41, 5.74) is 8.51. The topological polar surface area (TPSA) is 65.2 Å². The van der Waals surface area contributed by atoms with Crippen molar-refractivity contribution < 1.29 is 9.53 Å². The van der Waals surface area contributed by atoms with E-state index < -0.39 is 0 Å². The van der Waals surface area contributed by atoms with Crippen LogP contribution in [0.4, 0.5) is 0 Å². The highest BCUT2D eigenvalue weighted by Gasteiger charge is 2.20. The number of ether oxygens (including phenoxy) is 1. The molecule has 0 aromatic carbocycles. The second-order valence-corrected chi connectivity index (χ2v) is 3.98. The molecule has 0 radical (unpaired) electrons. The minimum absolute atomic E-state index is 0.00521. The molecule has 1 aromatic rings. The molecule has 2 rings (SSSR count). The Kier molecular flexibility index (Phi) is 3.19. The number of hydrogen-bond donors (Lipinski definition) is 1. The Morgan fingerprint density at radius 3 is 3.25 bits per heavy atom. The van der Waals surface area contributed by atoms with Crippen molar-refractivity contribution in [2.24, 2.45) is 5.73 Å². The number of fused-ring (bicyclic) bond motifs is 1. The fourth-order valence-corrected chi connectivity index (χ4v) is 2.01. The number of carbonyl (C=O) groups is 1. The lowest BCUT2D eigenvalue weighted by molar-refractivity contribution is 0.0525. The fourth-order valence-electron chi connectivity index (χ4n) is 2.01. The fraction of sp³-hybridized carbons (Fsp3) is 0.500. The first-order chi connectivity index (χ1) is 7.72.